The third kappa shape index (κ3) is 44.7. The van der Waals surface area contributed by atoms with Crippen LogP contribution in [-0.2, 0) is 28.6 Å². The van der Waals surface area contributed by atoms with Crippen molar-refractivity contribution in [2.45, 2.75) is 264 Å². The van der Waals surface area contributed by atoms with Crippen molar-refractivity contribution in [1.29, 1.82) is 0 Å². The summed E-state index contributed by atoms with van der Waals surface area (Å²) >= 11 is 0. The van der Waals surface area contributed by atoms with Gasteiger partial charge in [0.1, 0.15) is 13.2 Å². The number of carbonyl (C=O) groups excluding carboxylic acids is 3. The van der Waals surface area contributed by atoms with Crippen LogP contribution in [0.5, 0.6) is 0 Å². The maximum Gasteiger partial charge on any atom is 0.306 e. The smallest absolute Gasteiger partial charge is 0.306 e. The van der Waals surface area contributed by atoms with Gasteiger partial charge >= 0.3 is 17.9 Å². The van der Waals surface area contributed by atoms with Crippen molar-refractivity contribution in [2.24, 2.45) is 0 Å². The van der Waals surface area contributed by atoms with Gasteiger partial charge in [-0.25, -0.2) is 0 Å². The molecule has 0 saturated carbocycles. The van der Waals surface area contributed by atoms with Gasteiger partial charge in [-0.05, 0) is 70.6 Å². The highest BCUT2D eigenvalue weighted by molar-refractivity contribution is 5.71. The molecule has 0 amide bonds. The van der Waals surface area contributed by atoms with Gasteiger partial charge in [0.05, 0.1) is 0 Å². The Balaban J connectivity index is 4.39. The fourth-order valence-electron chi connectivity index (χ4n) is 7.04. The summed E-state index contributed by atoms with van der Waals surface area (Å²) in [5.41, 5.74) is 0. The molecule has 0 bridgehead atoms. The number of hydrogen-bond acceptors (Lipinski definition) is 6. The Morgan fingerprint density at radius 1 is 0.345 bits per heavy atom. The van der Waals surface area contributed by atoms with Crippen LogP contribution < -0.4 is 0 Å². The molecule has 6 nitrogen and oxygen atoms in total. The zero-order valence-electron chi connectivity index (χ0n) is 38.6. The standard InChI is InChI=1S/C52H94O6/c1-4-7-10-13-16-19-22-25-27-30-33-36-39-42-45-51(54)57-48-49(47-56-50(53)44-41-38-35-32-29-24-21-18-15-12-9-6-3)58-52(55)46-43-40-37-34-31-28-26-23-20-17-14-11-8-5-2/h13,16,22-23,25-26,49H,4-12,14-15,17-21,24,27-48H2,1-3H3/b16-13-,25-22-,26-23-/t49-/m1/s1. The molecule has 1 atom stereocenters. The van der Waals surface area contributed by atoms with E-state index in [0.29, 0.717) is 19.3 Å². The van der Waals surface area contributed by atoms with Crippen molar-refractivity contribution in [3.8, 4) is 0 Å². The van der Waals surface area contributed by atoms with E-state index in [9.17, 15) is 14.4 Å². The minimum Gasteiger partial charge on any atom is -0.462 e. The van der Waals surface area contributed by atoms with E-state index in [1.54, 1.807) is 0 Å². The number of unbranched alkanes of at least 4 members (excludes halogenated alkanes) is 28. The molecule has 338 valence electrons. The van der Waals surface area contributed by atoms with E-state index in [4.69, 9.17) is 14.2 Å². The second-order valence-corrected chi connectivity index (χ2v) is 16.7. The summed E-state index contributed by atoms with van der Waals surface area (Å²) < 4.78 is 16.8. The first-order chi connectivity index (χ1) is 28.5. The molecule has 6 heteroatoms. The molecule has 0 aromatic carbocycles. The molecule has 0 aromatic heterocycles. The van der Waals surface area contributed by atoms with Gasteiger partial charge in [0.25, 0.3) is 0 Å². The Morgan fingerprint density at radius 2 is 0.638 bits per heavy atom. The van der Waals surface area contributed by atoms with Crippen LogP contribution in [0.1, 0.15) is 258 Å². The Morgan fingerprint density at radius 3 is 1.02 bits per heavy atom. The molecule has 0 aliphatic heterocycles. The lowest BCUT2D eigenvalue weighted by Gasteiger charge is -2.18. The molecule has 0 fully saturated rings. The van der Waals surface area contributed by atoms with Crippen LogP contribution in [0.4, 0.5) is 0 Å². The molecule has 0 spiro atoms. The van der Waals surface area contributed by atoms with Crippen molar-refractivity contribution in [3.05, 3.63) is 36.5 Å². The molecule has 0 saturated heterocycles. The maximum atomic E-state index is 12.8. The first-order valence-corrected chi connectivity index (χ1v) is 25.0. The van der Waals surface area contributed by atoms with Crippen LogP contribution in [-0.4, -0.2) is 37.2 Å². The Bertz CT molecular complexity index is 984. The summed E-state index contributed by atoms with van der Waals surface area (Å²) in [6.07, 6.45) is 54.0. The number of hydrogen-bond donors (Lipinski definition) is 0. The Labute approximate surface area is 359 Å². The average Bonchev–Trinajstić information content (AvgIpc) is 3.22. The van der Waals surface area contributed by atoms with Crippen LogP contribution in [0, 0.1) is 0 Å². The third-order valence-corrected chi connectivity index (χ3v) is 10.9. The van der Waals surface area contributed by atoms with Crippen molar-refractivity contribution >= 4 is 17.9 Å². The molecule has 58 heavy (non-hydrogen) atoms. The summed E-state index contributed by atoms with van der Waals surface area (Å²) in [5, 5.41) is 0. The predicted molar refractivity (Wildman–Crippen MR) is 247 cm³/mol. The predicted octanol–water partition coefficient (Wildman–Crippen LogP) is 16.1. The number of allylic oxidation sites excluding steroid dienone is 6. The zero-order chi connectivity index (χ0) is 42.3. The van der Waals surface area contributed by atoms with Crippen LogP contribution in [0.15, 0.2) is 36.5 Å². The first kappa shape index (κ1) is 55.6. The molecule has 0 radical (unpaired) electrons. The van der Waals surface area contributed by atoms with E-state index >= 15 is 0 Å². The van der Waals surface area contributed by atoms with E-state index in [1.807, 2.05) is 0 Å². The number of esters is 3. The molecule has 0 aliphatic rings. The zero-order valence-corrected chi connectivity index (χ0v) is 38.6. The van der Waals surface area contributed by atoms with Gasteiger partial charge in [0, 0.05) is 19.3 Å². The quantitative estimate of drug-likeness (QED) is 0.0264. The van der Waals surface area contributed by atoms with Gasteiger partial charge in [-0.15, -0.1) is 0 Å². The van der Waals surface area contributed by atoms with Crippen LogP contribution in [0.25, 0.3) is 0 Å². The van der Waals surface area contributed by atoms with E-state index in [0.717, 1.165) is 89.9 Å². The van der Waals surface area contributed by atoms with Crippen LogP contribution in [0.2, 0.25) is 0 Å². The monoisotopic (exact) mass is 815 g/mol. The van der Waals surface area contributed by atoms with Gasteiger partial charge < -0.3 is 14.2 Å². The summed E-state index contributed by atoms with van der Waals surface area (Å²) in [6.45, 7) is 6.58. The summed E-state index contributed by atoms with van der Waals surface area (Å²) in [4.78, 5) is 37.9. The van der Waals surface area contributed by atoms with Gasteiger partial charge in [0.2, 0.25) is 0 Å². The highest BCUT2D eigenvalue weighted by Crippen LogP contribution is 2.15. The SMILES string of the molecule is CCCC/C=C\C/C=C\CCCCCCCC(=O)OC[C@@H](COC(=O)CCCCCCCCCCCCCC)OC(=O)CCCCCCC/C=C\CCCCCCC. The number of rotatable bonds is 45. The van der Waals surface area contributed by atoms with Crippen molar-refractivity contribution in [1.82, 2.24) is 0 Å². The molecule has 0 rings (SSSR count). The topological polar surface area (TPSA) is 78.9 Å². The fourth-order valence-corrected chi connectivity index (χ4v) is 7.04. The van der Waals surface area contributed by atoms with Crippen LogP contribution >= 0.6 is 0 Å². The molecule has 0 heterocycles. The molecular weight excluding hydrogens is 721 g/mol. The van der Waals surface area contributed by atoms with E-state index in [1.165, 1.54) is 128 Å². The lowest BCUT2D eigenvalue weighted by Crippen LogP contribution is -2.30. The maximum absolute atomic E-state index is 12.8. The second kappa shape index (κ2) is 47.3. The van der Waals surface area contributed by atoms with E-state index in [2.05, 4.69) is 57.2 Å². The normalized spacial score (nSPS) is 12.3. The summed E-state index contributed by atoms with van der Waals surface area (Å²) in [6, 6.07) is 0. The Hall–Kier alpha value is -2.37. The fraction of sp³-hybridized carbons (Fsp3) is 0.827. The number of ether oxygens (including phenoxy) is 3. The summed E-state index contributed by atoms with van der Waals surface area (Å²) in [5.74, 6) is -0.894. The first-order valence-electron chi connectivity index (χ1n) is 25.0. The van der Waals surface area contributed by atoms with Gasteiger partial charge in [0.15, 0.2) is 6.10 Å². The highest BCUT2D eigenvalue weighted by atomic mass is 16.6. The van der Waals surface area contributed by atoms with Crippen molar-refractivity contribution < 1.29 is 28.6 Å². The molecule has 0 aromatic rings. The molecular formula is C52H94O6. The minimum absolute atomic E-state index is 0.0774. The molecule has 0 N–H and O–H groups in total. The van der Waals surface area contributed by atoms with Gasteiger partial charge in [-0.3, -0.25) is 14.4 Å². The largest absolute Gasteiger partial charge is 0.462 e. The van der Waals surface area contributed by atoms with E-state index in [-0.39, 0.29) is 31.1 Å². The van der Waals surface area contributed by atoms with Crippen molar-refractivity contribution in [2.75, 3.05) is 13.2 Å². The summed E-state index contributed by atoms with van der Waals surface area (Å²) in [7, 11) is 0. The lowest BCUT2D eigenvalue weighted by molar-refractivity contribution is -0.167. The van der Waals surface area contributed by atoms with Gasteiger partial charge in [-0.1, -0.05) is 205 Å². The van der Waals surface area contributed by atoms with E-state index < -0.39 is 6.10 Å². The number of carbonyl (C=O) groups is 3. The van der Waals surface area contributed by atoms with Crippen molar-refractivity contribution in [3.63, 3.8) is 0 Å². The van der Waals surface area contributed by atoms with Crippen LogP contribution in [0.3, 0.4) is 0 Å². The molecule has 0 unspecified atom stereocenters. The second-order valence-electron chi connectivity index (χ2n) is 16.7. The average molecular weight is 815 g/mol. The lowest BCUT2D eigenvalue weighted by atomic mass is 10.0. The van der Waals surface area contributed by atoms with Gasteiger partial charge in [-0.2, -0.15) is 0 Å². The molecule has 0 aliphatic carbocycles. The highest BCUT2D eigenvalue weighted by Gasteiger charge is 2.19. The third-order valence-electron chi connectivity index (χ3n) is 10.9. The minimum atomic E-state index is -0.777. The Kier molecular flexibility index (Phi) is 45.4.